The molecule has 0 amide bonds. The quantitative estimate of drug-likeness (QED) is 0.757. The van der Waals surface area contributed by atoms with E-state index >= 15 is 0 Å². The lowest BCUT2D eigenvalue weighted by Crippen LogP contribution is -2.45. The van der Waals surface area contributed by atoms with E-state index in [-0.39, 0.29) is 5.41 Å². The maximum atomic E-state index is 6.30. The molecular formula is C12H25NO. The number of hydrogen-bond acceptors (Lipinski definition) is 2. The molecule has 2 heteroatoms. The minimum absolute atomic E-state index is 0.278. The van der Waals surface area contributed by atoms with Crippen molar-refractivity contribution in [1.82, 2.24) is 0 Å². The van der Waals surface area contributed by atoms with E-state index in [0.717, 1.165) is 12.8 Å². The molecule has 1 fully saturated rings. The Morgan fingerprint density at radius 2 is 1.71 bits per heavy atom. The maximum absolute atomic E-state index is 6.30. The SMILES string of the molecule is COC1C[C@@H](N)C(C(C)C)(C(C)C)C1. The highest BCUT2D eigenvalue weighted by molar-refractivity contribution is 5.02. The highest BCUT2D eigenvalue weighted by Gasteiger charge is 2.49. The number of ether oxygens (including phenoxy) is 1. The Balaban J connectivity index is 2.88. The molecule has 0 aliphatic heterocycles. The van der Waals surface area contributed by atoms with Gasteiger partial charge in [0, 0.05) is 13.2 Å². The van der Waals surface area contributed by atoms with E-state index in [9.17, 15) is 0 Å². The van der Waals surface area contributed by atoms with Gasteiger partial charge in [-0.2, -0.15) is 0 Å². The van der Waals surface area contributed by atoms with Crippen molar-refractivity contribution < 1.29 is 4.74 Å². The van der Waals surface area contributed by atoms with Gasteiger partial charge in [0.05, 0.1) is 6.10 Å². The molecule has 84 valence electrons. The van der Waals surface area contributed by atoms with E-state index in [4.69, 9.17) is 10.5 Å². The Hall–Kier alpha value is -0.0800. The minimum atomic E-state index is 0.278. The third-order valence-corrected chi connectivity index (χ3v) is 4.27. The van der Waals surface area contributed by atoms with Crippen molar-refractivity contribution in [3.8, 4) is 0 Å². The molecule has 1 unspecified atom stereocenters. The van der Waals surface area contributed by atoms with Gasteiger partial charge >= 0.3 is 0 Å². The average molecular weight is 199 g/mol. The Morgan fingerprint density at radius 3 is 1.93 bits per heavy atom. The van der Waals surface area contributed by atoms with Crippen molar-refractivity contribution in [3.63, 3.8) is 0 Å². The van der Waals surface area contributed by atoms with Crippen molar-refractivity contribution in [1.29, 1.82) is 0 Å². The fourth-order valence-corrected chi connectivity index (χ4v) is 3.31. The molecule has 0 radical (unpaired) electrons. The molecule has 0 aromatic carbocycles. The fraction of sp³-hybridized carbons (Fsp3) is 1.00. The van der Waals surface area contributed by atoms with Crippen LogP contribution in [-0.2, 0) is 4.74 Å². The molecule has 2 N–H and O–H groups in total. The van der Waals surface area contributed by atoms with E-state index in [1.165, 1.54) is 0 Å². The van der Waals surface area contributed by atoms with Gasteiger partial charge in [0.25, 0.3) is 0 Å². The second-order valence-electron chi connectivity index (χ2n) is 5.33. The van der Waals surface area contributed by atoms with Gasteiger partial charge in [0.15, 0.2) is 0 Å². The first-order valence-electron chi connectivity index (χ1n) is 5.73. The van der Waals surface area contributed by atoms with Crippen LogP contribution in [0.25, 0.3) is 0 Å². The molecule has 2 atom stereocenters. The molecule has 0 bridgehead atoms. The number of nitrogens with two attached hydrogens (primary N) is 1. The van der Waals surface area contributed by atoms with Crippen LogP contribution in [0.15, 0.2) is 0 Å². The predicted molar refractivity (Wildman–Crippen MR) is 60.1 cm³/mol. The second kappa shape index (κ2) is 4.19. The van der Waals surface area contributed by atoms with E-state index in [1.807, 2.05) is 0 Å². The number of methoxy groups -OCH3 is 1. The third kappa shape index (κ3) is 1.70. The summed E-state index contributed by atoms with van der Waals surface area (Å²) < 4.78 is 5.46. The van der Waals surface area contributed by atoms with Crippen molar-refractivity contribution in [2.24, 2.45) is 23.0 Å². The summed E-state index contributed by atoms with van der Waals surface area (Å²) in [6.45, 7) is 9.16. The zero-order valence-corrected chi connectivity index (χ0v) is 10.2. The van der Waals surface area contributed by atoms with E-state index in [2.05, 4.69) is 27.7 Å². The van der Waals surface area contributed by atoms with E-state index < -0.39 is 0 Å². The lowest BCUT2D eigenvalue weighted by molar-refractivity contribution is 0.0567. The van der Waals surface area contributed by atoms with Crippen LogP contribution < -0.4 is 5.73 Å². The monoisotopic (exact) mass is 199 g/mol. The highest BCUT2D eigenvalue weighted by Crippen LogP contribution is 2.49. The summed E-state index contributed by atoms with van der Waals surface area (Å²) in [5, 5.41) is 0. The van der Waals surface area contributed by atoms with E-state index in [0.29, 0.717) is 24.0 Å². The molecule has 0 aromatic heterocycles. The van der Waals surface area contributed by atoms with Gasteiger partial charge in [0.1, 0.15) is 0 Å². The Labute approximate surface area is 88.2 Å². The summed E-state index contributed by atoms with van der Waals surface area (Å²) in [5.41, 5.74) is 6.58. The van der Waals surface area contributed by atoms with E-state index in [1.54, 1.807) is 7.11 Å². The standard InChI is InChI=1S/C12H25NO/c1-8(2)12(9(3)4)7-10(14-5)6-11(12)13/h8-11H,6-7,13H2,1-5H3/t10?,11-/m1/s1. The molecule has 1 rings (SSSR count). The van der Waals surface area contributed by atoms with Gasteiger partial charge in [-0.1, -0.05) is 27.7 Å². The summed E-state index contributed by atoms with van der Waals surface area (Å²) in [7, 11) is 1.80. The predicted octanol–water partition coefficient (Wildman–Crippen LogP) is 2.42. The van der Waals surface area contributed by atoms with Crippen LogP contribution in [0.2, 0.25) is 0 Å². The van der Waals surface area contributed by atoms with Crippen molar-refractivity contribution >= 4 is 0 Å². The van der Waals surface area contributed by atoms with Crippen LogP contribution in [0.4, 0.5) is 0 Å². The third-order valence-electron chi connectivity index (χ3n) is 4.27. The highest BCUT2D eigenvalue weighted by atomic mass is 16.5. The topological polar surface area (TPSA) is 35.2 Å². The number of rotatable bonds is 3. The first-order valence-corrected chi connectivity index (χ1v) is 5.73. The summed E-state index contributed by atoms with van der Waals surface area (Å²) in [4.78, 5) is 0. The first kappa shape index (κ1) is 12.0. The van der Waals surface area contributed by atoms with Crippen LogP contribution in [-0.4, -0.2) is 19.3 Å². The zero-order chi connectivity index (χ0) is 10.9. The van der Waals surface area contributed by atoms with Crippen LogP contribution >= 0.6 is 0 Å². The second-order valence-corrected chi connectivity index (χ2v) is 5.33. The maximum Gasteiger partial charge on any atom is 0.0592 e. The molecule has 1 aliphatic rings. The first-order chi connectivity index (χ1) is 6.45. The smallest absolute Gasteiger partial charge is 0.0592 e. The average Bonchev–Trinajstić information content (AvgIpc) is 2.43. The van der Waals surface area contributed by atoms with Crippen LogP contribution in [0, 0.1) is 17.3 Å². The van der Waals surface area contributed by atoms with Crippen molar-refractivity contribution in [3.05, 3.63) is 0 Å². The molecule has 0 saturated heterocycles. The molecule has 14 heavy (non-hydrogen) atoms. The van der Waals surface area contributed by atoms with Gasteiger partial charge in [0.2, 0.25) is 0 Å². The van der Waals surface area contributed by atoms with Gasteiger partial charge in [-0.25, -0.2) is 0 Å². The Kier molecular flexibility index (Phi) is 3.59. The molecule has 2 nitrogen and oxygen atoms in total. The molecule has 0 heterocycles. The van der Waals surface area contributed by atoms with Gasteiger partial charge in [-0.3, -0.25) is 0 Å². The van der Waals surface area contributed by atoms with Crippen LogP contribution in [0.1, 0.15) is 40.5 Å². The minimum Gasteiger partial charge on any atom is -0.381 e. The molecule has 1 aliphatic carbocycles. The Morgan fingerprint density at radius 1 is 1.21 bits per heavy atom. The van der Waals surface area contributed by atoms with Crippen LogP contribution in [0.3, 0.4) is 0 Å². The summed E-state index contributed by atoms with van der Waals surface area (Å²) >= 11 is 0. The fourth-order valence-electron chi connectivity index (χ4n) is 3.31. The van der Waals surface area contributed by atoms with Crippen molar-refractivity contribution in [2.45, 2.75) is 52.7 Å². The summed E-state index contributed by atoms with van der Waals surface area (Å²) in [6.07, 6.45) is 2.52. The molecule has 0 aromatic rings. The largest absolute Gasteiger partial charge is 0.381 e. The molecular weight excluding hydrogens is 174 g/mol. The van der Waals surface area contributed by atoms with Gasteiger partial charge in [-0.15, -0.1) is 0 Å². The van der Waals surface area contributed by atoms with Crippen molar-refractivity contribution in [2.75, 3.05) is 7.11 Å². The normalized spacial score (nSPS) is 31.7. The van der Waals surface area contributed by atoms with Gasteiger partial charge in [-0.05, 0) is 30.1 Å². The molecule has 0 spiro atoms. The zero-order valence-electron chi connectivity index (χ0n) is 10.2. The molecule has 1 saturated carbocycles. The van der Waals surface area contributed by atoms with Crippen LogP contribution in [0.5, 0.6) is 0 Å². The summed E-state index contributed by atoms with van der Waals surface area (Å²) in [5.74, 6) is 1.27. The lowest BCUT2D eigenvalue weighted by atomic mass is 9.65. The Bertz CT molecular complexity index is 181. The summed E-state index contributed by atoms with van der Waals surface area (Å²) in [6, 6.07) is 0.299. The number of hydrogen-bond donors (Lipinski definition) is 1. The lowest BCUT2D eigenvalue weighted by Gasteiger charge is -2.41. The van der Waals surface area contributed by atoms with Gasteiger partial charge < -0.3 is 10.5 Å².